The number of nitrogens with zero attached hydrogens (tertiary/aromatic N) is 3. The summed E-state index contributed by atoms with van der Waals surface area (Å²) < 4.78 is 2.30. The van der Waals surface area contributed by atoms with Crippen LogP contribution >= 0.6 is 0 Å². The quantitative estimate of drug-likeness (QED) is 0.173. The Kier molecular flexibility index (Phi) is 12.4. The van der Waals surface area contributed by atoms with Crippen molar-refractivity contribution >= 4 is 11.0 Å². The fourth-order valence-electron chi connectivity index (χ4n) is 10.2. The van der Waals surface area contributed by atoms with Gasteiger partial charge in [-0.3, -0.25) is 9.55 Å². The smallest absolute Gasteiger partial charge is 0.149 e. The van der Waals surface area contributed by atoms with Crippen LogP contribution in [0, 0.1) is 20.8 Å². The molecule has 0 aliphatic rings. The van der Waals surface area contributed by atoms with Crippen LogP contribution in [0.25, 0.3) is 83.9 Å². The molecule has 0 aliphatic carbocycles. The number of rotatable bonds is 7. The van der Waals surface area contributed by atoms with Crippen LogP contribution in [0.4, 0.5) is 0 Å². The number of aromatic hydroxyl groups is 1. The Morgan fingerprint density at radius 1 is 0.437 bits per heavy atom. The molecule has 0 aliphatic heterocycles. The number of aryl methyl sites for hydroxylation is 3. The van der Waals surface area contributed by atoms with Crippen molar-refractivity contribution in [2.75, 3.05) is 0 Å². The second-order valence-corrected chi connectivity index (χ2v) is 24.0. The van der Waals surface area contributed by atoms with Crippen LogP contribution in [-0.2, 0) is 21.7 Å². The van der Waals surface area contributed by atoms with Crippen LogP contribution in [0.2, 0.25) is 0 Å². The molecule has 71 heavy (non-hydrogen) atoms. The molecule has 0 amide bonds. The average Bonchev–Trinajstić information content (AvgIpc) is 3.69. The minimum Gasteiger partial charge on any atom is -0.507 e. The number of hydrogen-bond donors (Lipinski definition) is 1. The Balaban J connectivity index is 1.28. The van der Waals surface area contributed by atoms with Gasteiger partial charge in [-0.25, -0.2) is 4.98 Å². The average molecular weight is 934 g/mol. The maximum Gasteiger partial charge on any atom is 0.149 e. The molecule has 2 heterocycles. The van der Waals surface area contributed by atoms with E-state index in [1.807, 2.05) is 6.20 Å². The summed E-state index contributed by atoms with van der Waals surface area (Å²) in [4.78, 5) is 10.8. The van der Waals surface area contributed by atoms with E-state index in [-0.39, 0.29) is 27.4 Å². The van der Waals surface area contributed by atoms with Gasteiger partial charge >= 0.3 is 0 Å². The zero-order valence-corrected chi connectivity index (χ0v) is 44.7. The molecule has 0 fully saturated rings. The van der Waals surface area contributed by atoms with Gasteiger partial charge in [-0.15, -0.1) is 0 Å². The molecule has 4 heteroatoms. The second kappa shape index (κ2) is 18.0. The summed E-state index contributed by atoms with van der Waals surface area (Å²) in [6.07, 6.45) is 1.93. The molecule has 0 radical (unpaired) electrons. The zero-order valence-electron chi connectivity index (χ0n) is 44.7. The van der Waals surface area contributed by atoms with Crippen molar-refractivity contribution in [3.63, 3.8) is 0 Å². The van der Waals surface area contributed by atoms with Crippen molar-refractivity contribution in [3.05, 3.63) is 191 Å². The molecule has 4 nitrogen and oxygen atoms in total. The minimum absolute atomic E-state index is 0.0785. The Morgan fingerprint density at radius 3 is 1.68 bits per heavy atom. The lowest BCUT2D eigenvalue weighted by Crippen LogP contribution is -2.17. The van der Waals surface area contributed by atoms with Gasteiger partial charge in [0.25, 0.3) is 0 Å². The van der Waals surface area contributed by atoms with Gasteiger partial charge in [0.2, 0.25) is 0 Å². The molecule has 2 aromatic heterocycles. The normalized spacial score (nSPS) is 12.5. The number of hydrogen-bond acceptors (Lipinski definition) is 3. The van der Waals surface area contributed by atoms with Gasteiger partial charge in [0.05, 0.1) is 28.0 Å². The number of aromatic nitrogens is 3. The van der Waals surface area contributed by atoms with Crippen LogP contribution in [0.3, 0.4) is 0 Å². The molecule has 0 atom stereocenters. The largest absolute Gasteiger partial charge is 0.507 e. The minimum atomic E-state index is -0.329. The van der Waals surface area contributed by atoms with Crippen molar-refractivity contribution in [1.29, 1.82) is 0 Å². The summed E-state index contributed by atoms with van der Waals surface area (Å²) in [5, 5.41) is 12.6. The first kappa shape index (κ1) is 49.0. The monoisotopic (exact) mass is 934 g/mol. The molecular formula is C67H71N3O. The third-order valence-corrected chi connectivity index (χ3v) is 14.2. The summed E-state index contributed by atoms with van der Waals surface area (Å²) in [5.74, 6) is 0.955. The van der Waals surface area contributed by atoms with E-state index in [2.05, 4.69) is 254 Å². The van der Waals surface area contributed by atoms with Gasteiger partial charge in [-0.05, 0) is 152 Å². The van der Waals surface area contributed by atoms with Gasteiger partial charge in [0.15, 0.2) is 0 Å². The predicted octanol–water partition coefficient (Wildman–Crippen LogP) is 18.2. The van der Waals surface area contributed by atoms with E-state index >= 15 is 0 Å². The number of benzene rings is 7. The number of phenols is 1. The van der Waals surface area contributed by atoms with E-state index in [4.69, 9.17) is 9.97 Å². The fraction of sp³-hybridized carbons (Fsp3) is 0.284. The summed E-state index contributed by atoms with van der Waals surface area (Å²) in [6.45, 7) is 33.4. The van der Waals surface area contributed by atoms with Crippen molar-refractivity contribution in [2.24, 2.45) is 0 Å². The first-order valence-electron chi connectivity index (χ1n) is 25.3. The number of para-hydroxylation sites is 1. The summed E-state index contributed by atoms with van der Waals surface area (Å²) in [5.41, 5.74) is 22.2. The van der Waals surface area contributed by atoms with Gasteiger partial charge in [-0.2, -0.15) is 0 Å². The van der Waals surface area contributed by atoms with E-state index < -0.39 is 0 Å². The van der Waals surface area contributed by atoms with Gasteiger partial charge in [-0.1, -0.05) is 186 Å². The third kappa shape index (κ3) is 9.62. The fourth-order valence-corrected chi connectivity index (χ4v) is 10.2. The van der Waals surface area contributed by atoms with Gasteiger partial charge < -0.3 is 5.11 Å². The molecule has 0 unspecified atom stereocenters. The highest BCUT2D eigenvalue weighted by atomic mass is 16.3. The van der Waals surface area contributed by atoms with Crippen molar-refractivity contribution in [3.8, 4) is 78.6 Å². The highest BCUT2D eigenvalue weighted by molar-refractivity contribution is 5.98. The molecule has 9 rings (SSSR count). The maximum absolute atomic E-state index is 12.6. The van der Waals surface area contributed by atoms with E-state index in [0.29, 0.717) is 11.4 Å². The van der Waals surface area contributed by atoms with Gasteiger partial charge in [0.1, 0.15) is 11.6 Å². The first-order valence-corrected chi connectivity index (χ1v) is 25.3. The molecule has 9 aromatic rings. The van der Waals surface area contributed by atoms with Crippen molar-refractivity contribution in [2.45, 2.75) is 126 Å². The van der Waals surface area contributed by atoms with Gasteiger partial charge in [0, 0.05) is 28.5 Å². The summed E-state index contributed by atoms with van der Waals surface area (Å²) in [7, 11) is 0. The molecule has 7 aromatic carbocycles. The van der Waals surface area contributed by atoms with Crippen LogP contribution < -0.4 is 0 Å². The van der Waals surface area contributed by atoms with Crippen molar-refractivity contribution < 1.29 is 5.11 Å². The first-order chi connectivity index (χ1) is 33.4. The SMILES string of the molecule is Cc1cc(C)c(-c2ccc(-c3ccnc(-c4cc(-c5cccc6c5nc(-c5cc(C(C)(C)C)cc(C(C)(C)C)c5O)n6-c5ccc(C(C)(C)C)cc5-c5ccccc5)cc(C(C)(C)C)c4)c3)cc2)c(C)c1. The molecule has 1 N–H and O–H groups in total. The molecule has 0 saturated heterocycles. The maximum atomic E-state index is 12.6. The van der Waals surface area contributed by atoms with Crippen LogP contribution in [0.5, 0.6) is 5.75 Å². The second-order valence-electron chi connectivity index (χ2n) is 24.0. The van der Waals surface area contributed by atoms with Crippen LogP contribution in [-0.4, -0.2) is 19.6 Å². The van der Waals surface area contributed by atoms with E-state index in [1.54, 1.807) is 0 Å². The lowest BCUT2D eigenvalue weighted by molar-refractivity contribution is 0.446. The number of fused-ring (bicyclic) bond motifs is 1. The Hall–Kier alpha value is -7.04. The molecule has 0 saturated carbocycles. The topological polar surface area (TPSA) is 50.9 Å². The molecule has 0 spiro atoms. The molecular weight excluding hydrogens is 863 g/mol. The zero-order chi connectivity index (χ0) is 50.9. The Labute approximate surface area is 423 Å². The highest BCUT2D eigenvalue weighted by Gasteiger charge is 2.30. The Morgan fingerprint density at radius 2 is 1.04 bits per heavy atom. The lowest BCUT2D eigenvalue weighted by atomic mass is 9.79. The molecule has 360 valence electrons. The highest BCUT2D eigenvalue weighted by Crippen LogP contribution is 2.46. The number of phenolic OH excluding ortho intramolecular Hbond substituents is 1. The van der Waals surface area contributed by atoms with Crippen LogP contribution in [0.1, 0.15) is 122 Å². The van der Waals surface area contributed by atoms with Crippen LogP contribution in [0.15, 0.2) is 152 Å². The van der Waals surface area contributed by atoms with Crippen molar-refractivity contribution in [1.82, 2.24) is 14.5 Å². The third-order valence-electron chi connectivity index (χ3n) is 14.2. The summed E-state index contributed by atoms with van der Waals surface area (Å²) in [6, 6.07) is 53.2. The predicted molar refractivity (Wildman–Crippen MR) is 302 cm³/mol. The molecule has 0 bridgehead atoms. The van der Waals surface area contributed by atoms with E-state index in [0.717, 1.165) is 72.5 Å². The Bertz CT molecular complexity index is 3450. The van der Waals surface area contributed by atoms with E-state index in [9.17, 15) is 5.11 Å². The van der Waals surface area contributed by atoms with E-state index in [1.165, 1.54) is 38.9 Å². The lowest BCUT2D eigenvalue weighted by Gasteiger charge is -2.28. The number of imidazole rings is 1. The number of pyridine rings is 1. The standard InChI is InChI=1S/C67H71N3O/c1-41-32-42(2)60(43(3)33-41)46-26-24-44(25-27-46)47-30-31-68-57(37-47)49-34-48(35-51(36-49)65(7,8)9)53-22-19-23-59-61(53)69-63(55-39-52(66(10,11)12)40-56(62(55)71)67(13,14)15)70(59)58-29-28-50(64(4,5)6)38-54(58)45-20-17-16-18-21-45/h16-40,71H,1-15H3. The summed E-state index contributed by atoms with van der Waals surface area (Å²) >= 11 is 0.